The molecule has 0 aromatic carbocycles. The fourth-order valence-electron chi connectivity index (χ4n) is 0.947. The zero-order chi connectivity index (χ0) is 10.3. The maximum Gasteiger partial charge on any atom is 0.250 e. The first-order chi connectivity index (χ1) is 6.07. The van der Waals surface area contributed by atoms with Gasteiger partial charge in [0.15, 0.2) is 0 Å². The third kappa shape index (κ3) is 6.54. The smallest absolute Gasteiger partial charge is 0.250 e. The molecule has 0 aliphatic heterocycles. The molecule has 4 N–H and O–H groups in total. The molecule has 13 heavy (non-hydrogen) atoms. The van der Waals surface area contributed by atoms with Crippen molar-refractivity contribution in [1.82, 2.24) is 5.32 Å². The number of carbonyl (C=O) groups excluding carboxylic acids is 1. The van der Waals surface area contributed by atoms with Gasteiger partial charge >= 0.3 is 0 Å². The number of aliphatic hydroxyl groups excluding tert-OH is 1. The molecule has 4 heteroatoms. The minimum atomic E-state index is -1.06. The first-order valence-corrected chi connectivity index (χ1v) is 4.73. The van der Waals surface area contributed by atoms with E-state index in [0.29, 0.717) is 12.5 Å². The highest BCUT2D eigenvalue weighted by molar-refractivity contribution is 5.80. The molecule has 0 aromatic heterocycles. The highest BCUT2D eigenvalue weighted by Crippen LogP contribution is 2.01. The fraction of sp³-hybridized carbons (Fsp3) is 0.889. The van der Waals surface area contributed by atoms with E-state index in [2.05, 4.69) is 19.2 Å². The number of amides is 1. The van der Waals surface area contributed by atoms with Crippen LogP contribution in [0.25, 0.3) is 0 Å². The maximum absolute atomic E-state index is 11.0. The topological polar surface area (TPSA) is 75.3 Å². The highest BCUT2D eigenvalue weighted by atomic mass is 16.3. The van der Waals surface area contributed by atoms with E-state index >= 15 is 0 Å². The molecule has 0 rings (SSSR count). The van der Waals surface area contributed by atoms with Crippen molar-refractivity contribution in [2.75, 3.05) is 13.1 Å². The Morgan fingerprint density at radius 3 is 2.62 bits per heavy atom. The number of carbonyl (C=O) groups is 1. The van der Waals surface area contributed by atoms with Crippen molar-refractivity contribution in [1.29, 1.82) is 0 Å². The Labute approximate surface area is 79.5 Å². The van der Waals surface area contributed by atoms with Crippen LogP contribution in [0.5, 0.6) is 0 Å². The van der Waals surface area contributed by atoms with Gasteiger partial charge in [-0.2, -0.15) is 0 Å². The van der Waals surface area contributed by atoms with Crippen LogP contribution in [0.2, 0.25) is 0 Å². The van der Waals surface area contributed by atoms with Gasteiger partial charge in [0.05, 0.1) is 0 Å². The number of aliphatic hydroxyl groups is 1. The van der Waals surface area contributed by atoms with E-state index < -0.39 is 6.10 Å². The van der Waals surface area contributed by atoms with Crippen LogP contribution >= 0.6 is 0 Å². The molecule has 0 saturated carbocycles. The summed E-state index contributed by atoms with van der Waals surface area (Å²) in [6.45, 7) is 4.87. The van der Waals surface area contributed by atoms with Crippen molar-refractivity contribution >= 4 is 5.91 Å². The van der Waals surface area contributed by atoms with Gasteiger partial charge in [0, 0.05) is 13.1 Å². The lowest BCUT2D eigenvalue weighted by Gasteiger charge is -2.09. The van der Waals surface area contributed by atoms with Gasteiger partial charge in [0.25, 0.3) is 0 Å². The lowest BCUT2D eigenvalue weighted by molar-refractivity contribution is -0.128. The summed E-state index contributed by atoms with van der Waals surface area (Å²) < 4.78 is 0. The standard InChI is InChI=1S/C9H20N2O2/c1-7(2)4-3-5-11-9(13)8(12)6-10/h7-8,12H,3-6,10H2,1-2H3,(H,11,13). The van der Waals surface area contributed by atoms with Crippen LogP contribution in [0.3, 0.4) is 0 Å². The van der Waals surface area contributed by atoms with Gasteiger partial charge in [-0.1, -0.05) is 13.8 Å². The van der Waals surface area contributed by atoms with Gasteiger partial charge < -0.3 is 16.2 Å². The second-order valence-electron chi connectivity index (χ2n) is 3.58. The lowest BCUT2D eigenvalue weighted by Crippen LogP contribution is -2.39. The predicted molar refractivity (Wildman–Crippen MR) is 52.1 cm³/mol. The molecule has 78 valence electrons. The zero-order valence-electron chi connectivity index (χ0n) is 8.42. The molecule has 0 saturated heterocycles. The van der Waals surface area contributed by atoms with Crippen molar-refractivity contribution < 1.29 is 9.90 Å². The van der Waals surface area contributed by atoms with E-state index in [4.69, 9.17) is 10.8 Å². The molecule has 0 heterocycles. The number of rotatable bonds is 6. The molecule has 0 radical (unpaired) electrons. The number of nitrogens with one attached hydrogen (secondary N) is 1. The van der Waals surface area contributed by atoms with Crippen LogP contribution in [0.1, 0.15) is 26.7 Å². The minimum Gasteiger partial charge on any atom is -0.382 e. The van der Waals surface area contributed by atoms with Crippen LogP contribution in [-0.4, -0.2) is 30.2 Å². The molecule has 1 unspecified atom stereocenters. The first-order valence-electron chi connectivity index (χ1n) is 4.73. The van der Waals surface area contributed by atoms with E-state index in [1.807, 2.05) is 0 Å². The van der Waals surface area contributed by atoms with Crippen LogP contribution in [-0.2, 0) is 4.79 Å². The van der Waals surface area contributed by atoms with Crippen LogP contribution < -0.4 is 11.1 Å². The van der Waals surface area contributed by atoms with E-state index in [0.717, 1.165) is 12.8 Å². The Morgan fingerprint density at radius 1 is 1.54 bits per heavy atom. The summed E-state index contributed by atoms with van der Waals surface area (Å²) in [6, 6.07) is 0. The Balaban J connectivity index is 3.37. The van der Waals surface area contributed by atoms with E-state index in [1.54, 1.807) is 0 Å². The maximum atomic E-state index is 11.0. The summed E-state index contributed by atoms with van der Waals surface area (Å²) in [4.78, 5) is 11.0. The molecule has 1 amide bonds. The predicted octanol–water partition coefficient (Wildman–Crippen LogP) is -0.142. The van der Waals surface area contributed by atoms with Crippen molar-refractivity contribution in [3.63, 3.8) is 0 Å². The molecule has 0 aromatic rings. The highest BCUT2D eigenvalue weighted by Gasteiger charge is 2.10. The molecule has 0 fully saturated rings. The van der Waals surface area contributed by atoms with Crippen molar-refractivity contribution in [2.45, 2.75) is 32.8 Å². The largest absolute Gasteiger partial charge is 0.382 e. The van der Waals surface area contributed by atoms with Crippen LogP contribution in [0, 0.1) is 5.92 Å². The summed E-state index contributed by atoms with van der Waals surface area (Å²) in [5.74, 6) is 0.280. The van der Waals surface area contributed by atoms with E-state index in [9.17, 15) is 4.79 Å². The van der Waals surface area contributed by atoms with Gasteiger partial charge in [-0.15, -0.1) is 0 Å². The van der Waals surface area contributed by atoms with E-state index in [-0.39, 0.29) is 12.5 Å². The second kappa shape index (κ2) is 6.86. The number of hydrogen-bond acceptors (Lipinski definition) is 3. The molecule has 0 aliphatic carbocycles. The summed E-state index contributed by atoms with van der Waals surface area (Å²) in [5.41, 5.74) is 5.11. The SMILES string of the molecule is CC(C)CCCNC(=O)C(O)CN. The number of hydrogen-bond donors (Lipinski definition) is 3. The zero-order valence-corrected chi connectivity index (χ0v) is 8.42. The van der Waals surface area contributed by atoms with Gasteiger partial charge in [-0.3, -0.25) is 4.79 Å². The second-order valence-corrected chi connectivity index (χ2v) is 3.58. The third-order valence-corrected chi connectivity index (χ3v) is 1.78. The molecule has 0 aliphatic rings. The van der Waals surface area contributed by atoms with Gasteiger partial charge in [-0.05, 0) is 18.8 Å². The van der Waals surface area contributed by atoms with Crippen molar-refractivity contribution in [3.8, 4) is 0 Å². The monoisotopic (exact) mass is 188 g/mol. The van der Waals surface area contributed by atoms with Gasteiger partial charge in [0.1, 0.15) is 6.10 Å². The summed E-state index contributed by atoms with van der Waals surface area (Å²) in [7, 11) is 0. The summed E-state index contributed by atoms with van der Waals surface area (Å²) in [5, 5.41) is 11.6. The number of nitrogens with two attached hydrogens (primary N) is 1. The van der Waals surface area contributed by atoms with Crippen molar-refractivity contribution in [3.05, 3.63) is 0 Å². The summed E-state index contributed by atoms with van der Waals surface area (Å²) >= 11 is 0. The molecular weight excluding hydrogens is 168 g/mol. The fourth-order valence-corrected chi connectivity index (χ4v) is 0.947. The Bertz CT molecular complexity index is 149. The van der Waals surface area contributed by atoms with Crippen LogP contribution in [0.15, 0.2) is 0 Å². The molecule has 4 nitrogen and oxygen atoms in total. The quantitative estimate of drug-likeness (QED) is 0.508. The van der Waals surface area contributed by atoms with E-state index in [1.165, 1.54) is 0 Å². The third-order valence-electron chi connectivity index (χ3n) is 1.78. The van der Waals surface area contributed by atoms with Crippen LogP contribution in [0.4, 0.5) is 0 Å². The van der Waals surface area contributed by atoms with Crippen molar-refractivity contribution in [2.24, 2.45) is 11.7 Å². The Morgan fingerprint density at radius 2 is 2.15 bits per heavy atom. The first kappa shape index (κ1) is 12.4. The normalized spacial score (nSPS) is 13.0. The average Bonchev–Trinajstić information content (AvgIpc) is 2.10. The Hall–Kier alpha value is -0.610. The minimum absolute atomic E-state index is 0.0178. The van der Waals surface area contributed by atoms with Gasteiger partial charge in [-0.25, -0.2) is 0 Å². The molecule has 0 bridgehead atoms. The molecule has 1 atom stereocenters. The summed E-state index contributed by atoms with van der Waals surface area (Å²) in [6.07, 6.45) is 0.971. The molecule has 0 spiro atoms. The average molecular weight is 188 g/mol. The van der Waals surface area contributed by atoms with Gasteiger partial charge in [0.2, 0.25) is 5.91 Å². The lowest BCUT2D eigenvalue weighted by atomic mass is 10.1. The Kier molecular flexibility index (Phi) is 6.54. The molecular formula is C9H20N2O2.